The summed E-state index contributed by atoms with van der Waals surface area (Å²) in [7, 11) is 0. The molecule has 0 N–H and O–H groups in total. The molecule has 0 saturated heterocycles. The van der Waals surface area contributed by atoms with E-state index in [1.165, 1.54) is 0 Å². The van der Waals surface area contributed by atoms with Crippen molar-refractivity contribution in [1.29, 1.82) is 0 Å². The molecule has 0 radical (unpaired) electrons. The van der Waals surface area contributed by atoms with Gasteiger partial charge in [0, 0.05) is 29.1 Å². The molecule has 1 aliphatic heterocycles. The third-order valence-electron chi connectivity index (χ3n) is 13.2. The zero-order valence-electron chi connectivity index (χ0n) is 48.6. The minimum Gasteiger partial charge on any atom is -0.458 e. The number of rotatable bonds is 9. The molecule has 344 valence electrons. The lowest BCUT2D eigenvalue weighted by Gasteiger charge is -2.32. The van der Waals surface area contributed by atoms with Gasteiger partial charge in [-0.3, -0.25) is 13.7 Å². The Labute approximate surface area is 436 Å². The lowest BCUT2D eigenvalue weighted by atomic mass is 9.95. The molecule has 4 heterocycles. The monoisotopic (exact) mass is 947 g/mol. The van der Waals surface area contributed by atoms with Gasteiger partial charge in [0.25, 0.3) is 6.33 Å². The molecule has 0 amide bonds. The van der Waals surface area contributed by atoms with E-state index in [1.807, 2.05) is 140 Å². The average Bonchev–Trinajstić information content (AvgIpc) is 4.28. The standard InChI is InChI=1S/C66H43N5O2/c1-4-18-45(19-5-1)48-34-37-57-56(40-48)55-36-35-52(43-62(55)71(57)65-42-50(38-39-67-65)70-60-30-12-14-32-63(60)73-64-33-15-13-31-61(64)70)72-51-25-16-24-49(41-51)68-44-69(59-29-11-10-28-58(59)68)66-53(46-20-6-2-7-21-46)26-17-27-54(66)47-22-8-3-9-23-47/h1-43H/i2D,3D,6D,7D,8D,9D,20D,21D,22D,23D. The highest BCUT2D eigenvalue weighted by Gasteiger charge is 2.27. The molecular weight excluding hydrogens is 895 g/mol. The summed E-state index contributed by atoms with van der Waals surface area (Å²) >= 11 is 0. The van der Waals surface area contributed by atoms with Gasteiger partial charge in [0.1, 0.15) is 17.3 Å². The number of hydrogen-bond donors (Lipinski definition) is 0. The van der Waals surface area contributed by atoms with Crippen LogP contribution in [0.2, 0.25) is 0 Å². The van der Waals surface area contributed by atoms with E-state index in [-0.39, 0.29) is 27.9 Å². The van der Waals surface area contributed by atoms with Crippen LogP contribution >= 0.6 is 0 Å². The molecule has 13 aromatic rings. The quantitative estimate of drug-likeness (QED) is 0.107. The van der Waals surface area contributed by atoms with Gasteiger partial charge in [-0.05, 0) is 106 Å². The number of anilines is 3. The molecule has 0 unspecified atom stereocenters. The summed E-state index contributed by atoms with van der Waals surface area (Å²) in [5, 5.41) is 2.01. The van der Waals surface area contributed by atoms with Gasteiger partial charge in [-0.1, -0.05) is 170 Å². The van der Waals surface area contributed by atoms with Gasteiger partial charge in [-0.25, -0.2) is 4.98 Å². The first-order valence-corrected chi connectivity index (χ1v) is 23.6. The van der Waals surface area contributed by atoms with Crippen LogP contribution in [0.1, 0.15) is 13.7 Å². The number of nitrogens with zero attached hydrogens (tertiary/aromatic N) is 5. The van der Waals surface area contributed by atoms with Crippen LogP contribution in [-0.4, -0.2) is 14.1 Å². The maximum Gasteiger partial charge on any atom is 0.269 e. The molecule has 1 aliphatic rings. The molecule has 0 aliphatic carbocycles. The lowest BCUT2D eigenvalue weighted by Crippen LogP contribution is -2.31. The zero-order chi connectivity index (χ0) is 56.9. The third kappa shape index (κ3) is 7.29. The van der Waals surface area contributed by atoms with Crippen molar-refractivity contribution in [1.82, 2.24) is 14.1 Å². The van der Waals surface area contributed by atoms with E-state index in [2.05, 4.69) is 58.3 Å². The van der Waals surface area contributed by atoms with Crippen molar-refractivity contribution in [2.75, 3.05) is 4.90 Å². The molecule has 14 rings (SSSR count). The molecule has 0 spiro atoms. The van der Waals surface area contributed by atoms with E-state index in [9.17, 15) is 0 Å². The van der Waals surface area contributed by atoms with Crippen molar-refractivity contribution in [2.24, 2.45) is 0 Å². The average molecular weight is 948 g/mol. The molecule has 3 aromatic heterocycles. The Hall–Kier alpha value is -9.98. The minimum atomic E-state index is -0.574. The highest BCUT2D eigenvalue weighted by Crippen LogP contribution is 2.50. The van der Waals surface area contributed by atoms with Gasteiger partial charge in [0.05, 0.1) is 64.2 Å². The van der Waals surface area contributed by atoms with Crippen molar-refractivity contribution in [3.05, 3.63) is 267 Å². The first kappa shape index (κ1) is 32.8. The number of ether oxygens (including phenoxy) is 2. The Morgan fingerprint density at radius 3 is 1.90 bits per heavy atom. The summed E-state index contributed by atoms with van der Waals surface area (Å²) in [5.74, 6) is 3.18. The summed E-state index contributed by atoms with van der Waals surface area (Å²) in [5.41, 5.74) is 8.60. The van der Waals surface area contributed by atoms with Crippen molar-refractivity contribution < 1.29 is 27.7 Å². The maximum absolute atomic E-state index is 9.09. The fourth-order valence-electron chi connectivity index (χ4n) is 9.97. The van der Waals surface area contributed by atoms with Gasteiger partial charge in [-0.15, -0.1) is 0 Å². The SMILES string of the molecule is [2H]c1c([2H])c([2H])c(-c2cccc(-c3c([2H])c([2H])c([2H])c([2H])c3[2H])c2-[n+]2[c-]n(-c3cccc(Oc4ccc5c6cc(-c7ccccc7)ccc6n(-c6cc(N7c8ccccc8Oc8ccccc87)ccn6)c5c4)c3)c3ccccc32)c([2H])c1[2H]. The second-order valence-corrected chi connectivity index (χ2v) is 17.4. The predicted molar refractivity (Wildman–Crippen MR) is 293 cm³/mol. The van der Waals surface area contributed by atoms with E-state index in [4.69, 9.17) is 28.2 Å². The van der Waals surface area contributed by atoms with Crippen LogP contribution in [0.4, 0.5) is 17.1 Å². The Morgan fingerprint density at radius 1 is 0.479 bits per heavy atom. The van der Waals surface area contributed by atoms with Crippen LogP contribution in [0.5, 0.6) is 23.0 Å². The van der Waals surface area contributed by atoms with Crippen molar-refractivity contribution >= 4 is 49.9 Å². The van der Waals surface area contributed by atoms with Crippen LogP contribution in [-0.2, 0) is 0 Å². The Bertz CT molecular complexity index is 4660. The van der Waals surface area contributed by atoms with Gasteiger partial charge < -0.3 is 14.4 Å². The van der Waals surface area contributed by atoms with Crippen LogP contribution in [0.15, 0.2) is 261 Å². The Balaban J connectivity index is 0.912. The third-order valence-corrected chi connectivity index (χ3v) is 13.2. The number of hydrogen-bond acceptors (Lipinski definition) is 4. The highest BCUT2D eigenvalue weighted by molar-refractivity contribution is 6.11. The van der Waals surface area contributed by atoms with Crippen LogP contribution < -0.4 is 18.9 Å². The number of pyridine rings is 1. The summed E-state index contributed by atoms with van der Waals surface area (Å²) in [6.07, 6.45) is 5.29. The van der Waals surface area contributed by atoms with E-state index in [0.717, 1.165) is 61.5 Å². The van der Waals surface area contributed by atoms with E-state index in [0.29, 0.717) is 34.0 Å². The van der Waals surface area contributed by atoms with Crippen molar-refractivity contribution in [3.63, 3.8) is 0 Å². The first-order chi connectivity index (χ1) is 40.3. The molecule has 73 heavy (non-hydrogen) atoms. The van der Waals surface area contributed by atoms with Crippen LogP contribution in [0, 0.1) is 6.33 Å². The fourth-order valence-corrected chi connectivity index (χ4v) is 9.97. The van der Waals surface area contributed by atoms with E-state index < -0.39 is 60.4 Å². The normalized spacial score (nSPS) is 13.8. The van der Waals surface area contributed by atoms with Gasteiger partial charge in [-0.2, -0.15) is 0 Å². The Morgan fingerprint density at radius 2 is 1.15 bits per heavy atom. The topological polar surface area (TPSA) is 48.3 Å². The van der Waals surface area contributed by atoms with Crippen molar-refractivity contribution in [2.45, 2.75) is 0 Å². The number of imidazole rings is 1. The number of para-hydroxylation sites is 7. The largest absolute Gasteiger partial charge is 0.458 e. The first-order valence-electron chi connectivity index (χ1n) is 28.6. The molecular formula is C66H43N5O2. The second kappa shape index (κ2) is 17.5. The summed E-state index contributed by atoms with van der Waals surface area (Å²) in [6.45, 7) is 0. The van der Waals surface area contributed by atoms with E-state index >= 15 is 0 Å². The highest BCUT2D eigenvalue weighted by atomic mass is 16.5. The predicted octanol–water partition coefficient (Wildman–Crippen LogP) is 16.6. The van der Waals surface area contributed by atoms with Gasteiger partial charge in [0.15, 0.2) is 11.5 Å². The molecule has 0 fully saturated rings. The van der Waals surface area contributed by atoms with Crippen LogP contribution in [0.25, 0.3) is 83.4 Å². The second-order valence-electron chi connectivity index (χ2n) is 17.4. The summed E-state index contributed by atoms with van der Waals surface area (Å²) in [4.78, 5) is 7.22. The fraction of sp³-hybridized carbons (Fsp3) is 0. The Kier molecular flexibility index (Phi) is 7.83. The smallest absolute Gasteiger partial charge is 0.269 e. The summed E-state index contributed by atoms with van der Waals surface area (Å²) in [6, 6.07) is 57.1. The summed E-state index contributed by atoms with van der Waals surface area (Å²) < 4.78 is 106. The van der Waals surface area contributed by atoms with Crippen molar-refractivity contribution in [3.8, 4) is 73.6 Å². The molecule has 0 saturated carbocycles. The van der Waals surface area contributed by atoms with E-state index in [1.54, 1.807) is 27.3 Å². The molecule has 0 atom stereocenters. The molecule has 10 aromatic carbocycles. The lowest BCUT2D eigenvalue weighted by molar-refractivity contribution is -0.571. The molecule has 0 bridgehead atoms. The molecule has 7 heteroatoms. The molecule has 7 nitrogen and oxygen atoms in total. The van der Waals surface area contributed by atoms with Gasteiger partial charge >= 0.3 is 0 Å². The number of fused-ring (bicyclic) bond motifs is 6. The number of benzene rings is 10. The number of aromatic nitrogens is 4. The zero-order valence-corrected chi connectivity index (χ0v) is 38.6. The maximum atomic E-state index is 9.09. The van der Waals surface area contributed by atoms with Gasteiger partial charge in [0.2, 0.25) is 0 Å². The minimum absolute atomic E-state index is 0.141. The van der Waals surface area contributed by atoms with Crippen LogP contribution in [0.3, 0.4) is 0 Å².